The molecule has 0 aromatic rings. The number of rotatable bonds is 20. The van der Waals surface area contributed by atoms with Crippen LogP contribution in [0.15, 0.2) is 12.2 Å². The highest BCUT2D eigenvalue weighted by molar-refractivity contribution is 5.87. The van der Waals surface area contributed by atoms with Crippen LogP contribution < -0.4 is 11.1 Å². The van der Waals surface area contributed by atoms with Gasteiger partial charge >= 0.3 is 0 Å². The van der Waals surface area contributed by atoms with Gasteiger partial charge in [-0.05, 0) is 58.4 Å². The maximum absolute atomic E-state index is 12.0. The number of nitrogens with two attached hydrogens (primary N) is 1. The molecule has 1 atom stereocenters. The molecule has 28 heavy (non-hydrogen) atoms. The molecule has 4 nitrogen and oxygen atoms in total. The van der Waals surface area contributed by atoms with Crippen LogP contribution in [-0.4, -0.2) is 24.3 Å². The van der Waals surface area contributed by atoms with Gasteiger partial charge in [-0.25, -0.2) is 0 Å². The van der Waals surface area contributed by atoms with E-state index >= 15 is 0 Å². The fourth-order valence-electron chi connectivity index (χ4n) is 3.32. The summed E-state index contributed by atoms with van der Waals surface area (Å²) in [5.74, 6) is 0.0150. The van der Waals surface area contributed by atoms with Gasteiger partial charge in [0, 0.05) is 6.42 Å². The fourth-order valence-corrected chi connectivity index (χ4v) is 3.32. The highest BCUT2D eigenvalue weighted by Crippen LogP contribution is 2.10. The molecule has 164 valence electrons. The first kappa shape index (κ1) is 26.8. The second kappa shape index (κ2) is 20.6. The van der Waals surface area contributed by atoms with Gasteiger partial charge in [-0.1, -0.05) is 70.4 Å². The van der Waals surface area contributed by atoms with Crippen molar-refractivity contribution in [2.75, 3.05) is 6.54 Å². The first-order valence-electron chi connectivity index (χ1n) is 11.8. The smallest absolute Gasteiger partial charge is 0.220 e. The molecule has 0 spiro atoms. The Kier molecular flexibility index (Phi) is 19.7. The quantitative estimate of drug-likeness (QED) is 0.201. The van der Waals surface area contributed by atoms with Gasteiger partial charge in [0.1, 0.15) is 0 Å². The van der Waals surface area contributed by atoms with Crippen molar-refractivity contribution in [3.8, 4) is 0 Å². The second-order valence-electron chi connectivity index (χ2n) is 8.00. The van der Waals surface area contributed by atoms with E-state index < -0.39 is 0 Å². The van der Waals surface area contributed by atoms with Gasteiger partial charge in [0.2, 0.25) is 5.91 Å². The van der Waals surface area contributed by atoms with Crippen molar-refractivity contribution in [1.82, 2.24) is 5.32 Å². The molecule has 0 bridgehead atoms. The Bertz CT molecular complexity index is 407. The van der Waals surface area contributed by atoms with Crippen molar-refractivity contribution in [2.45, 2.75) is 123 Å². The largest absolute Gasteiger partial charge is 0.346 e. The van der Waals surface area contributed by atoms with E-state index in [9.17, 15) is 9.59 Å². The molecule has 0 aromatic carbocycles. The number of unbranched alkanes of at least 4 members (excludes halogenated alkanes) is 11. The highest BCUT2D eigenvalue weighted by atomic mass is 16.2. The number of allylic oxidation sites excluding steroid dienone is 2. The third-order valence-corrected chi connectivity index (χ3v) is 5.19. The number of nitrogens with one attached hydrogen (secondary N) is 1. The van der Waals surface area contributed by atoms with Crippen LogP contribution in [0.3, 0.4) is 0 Å². The van der Waals surface area contributed by atoms with Crippen LogP contribution in [0.5, 0.6) is 0 Å². The predicted molar refractivity (Wildman–Crippen MR) is 120 cm³/mol. The highest BCUT2D eigenvalue weighted by Gasteiger charge is 2.15. The van der Waals surface area contributed by atoms with Crippen LogP contribution in [0.4, 0.5) is 0 Å². The van der Waals surface area contributed by atoms with Gasteiger partial charge in [0.15, 0.2) is 5.78 Å². The van der Waals surface area contributed by atoms with Crippen LogP contribution in [0.25, 0.3) is 0 Å². The van der Waals surface area contributed by atoms with Crippen LogP contribution in [0, 0.1) is 0 Å². The number of carbonyl (C=O) groups is 2. The monoisotopic (exact) mass is 394 g/mol. The summed E-state index contributed by atoms with van der Waals surface area (Å²) in [6.45, 7) is 4.34. The number of ketones is 1. The summed E-state index contributed by atoms with van der Waals surface area (Å²) in [6.07, 6.45) is 22.9. The van der Waals surface area contributed by atoms with Crippen LogP contribution in [0.2, 0.25) is 0 Å². The van der Waals surface area contributed by atoms with Gasteiger partial charge in [-0.2, -0.15) is 0 Å². The Hall–Kier alpha value is -1.16. The summed E-state index contributed by atoms with van der Waals surface area (Å²) in [7, 11) is 0. The number of amides is 1. The summed E-state index contributed by atoms with van der Waals surface area (Å²) < 4.78 is 0. The minimum Gasteiger partial charge on any atom is -0.346 e. The summed E-state index contributed by atoms with van der Waals surface area (Å²) in [6, 6.07) is -0.362. The SMILES string of the molecule is CCCCCCCCC=CCCCCCCCC(=O)N[C@@H](CCCN)C(C)=O. The first-order chi connectivity index (χ1) is 13.6. The van der Waals surface area contributed by atoms with E-state index in [4.69, 9.17) is 5.73 Å². The zero-order valence-electron chi connectivity index (χ0n) is 18.6. The number of hydrogen-bond acceptors (Lipinski definition) is 3. The minimum absolute atomic E-state index is 0.00477. The molecule has 0 saturated carbocycles. The van der Waals surface area contributed by atoms with Crippen molar-refractivity contribution in [1.29, 1.82) is 0 Å². The lowest BCUT2D eigenvalue weighted by Gasteiger charge is -2.15. The molecule has 1 amide bonds. The Morgan fingerprint density at radius 3 is 1.89 bits per heavy atom. The van der Waals surface area contributed by atoms with E-state index in [1.807, 2.05) is 0 Å². The number of hydrogen-bond donors (Lipinski definition) is 2. The van der Waals surface area contributed by atoms with E-state index in [-0.39, 0.29) is 17.7 Å². The Morgan fingerprint density at radius 2 is 1.36 bits per heavy atom. The second-order valence-corrected chi connectivity index (χ2v) is 8.00. The molecule has 0 aliphatic rings. The lowest BCUT2D eigenvalue weighted by molar-refractivity contribution is -0.127. The van der Waals surface area contributed by atoms with Crippen LogP contribution in [0.1, 0.15) is 117 Å². The molecular weight excluding hydrogens is 348 g/mol. The first-order valence-corrected chi connectivity index (χ1v) is 11.8. The molecule has 0 heterocycles. The molecule has 0 fully saturated rings. The molecular formula is C24H46N2O2. The molecule has 0 radical (unpaired) electrons. The molecule has 4 heteroatoms. The molecule has 0 aromatic heterocycles. The van der Waals surface area contributed by atoms with Gasteiger partial charge < -0.3 is 11.1 Å². The third-order valence-electron chi connectivity index (χ3n) is 5.19. The minimum atomic E-state index is -0.362. The van der Waals surface area contributed by atoms with Crippen LogP contribution >= 0.6 is 0 Å². The van der Waals surface area contributed by atoms with Crippen molar-refractivity contribution < 1.29 is 9.59 Å². The van der Waals surface area contributed by atoms with E-state index in [1.54, 1.807) is 0 Å². The zero-order valence-corrected chi connectivity index (χ0v) is 18.6. The summed E-state index contributed by atoms with van der Waals surface area (Å²) >= 11 is 0. The van der Waals surface area contributed by atoms with Crippen molar-refractivity contribution in [2.24, 2.45) is 5.73 Å². The fraction of sp³-hybridized carbons (Fsp3) is 0.833. The molecule has 0 aliphatic heterocycles. The maximum Gasteiger partial charge on any atom is 0.220 e. The Morgan fingerprint density at radius 1 is 0.821 bits per heavy atom. The van der Waals surface area contributed by atoms with Gasteiger partial charge in [0.25, 0.3) is 0 Å². The standard InChI is InChI=1S/C24H46N2O2/c1-3-4-5-6-7-8-9-10-11-12-13-14-15-16-17-20-24(28)26-23(22(2)27)19-18-21-25/h10-11,23H,3-9,12-21,25H2,1-2H3,(H,26,28)/t23-/m0/s1. The summed E-state index contributed by atoms with van der Waals surface area (Å²) in [5.41, 5.74) is 5.48. The summed E-state index contributed by atoms with van der Waals surface area (Å²) in [5, 5.41) is 2.85. The van der Waals surface area contributed by atoms with E-state index in [1.165, 1.54) is 77.6 Å². The normalized spacial score (nSPS) is 12.4. The number of Topliss-reactive ketones (excluding diaryl/α,β-unsaturated/α-hetero) is 1. The molecule has 3 N–H and O–H groups in total. The maximum atomic E-state index is 12.0. The van der Waals surface area contributed by atoms with Gasteiger partial charge in [-0.3, -0.25) is 9.59 Å². The van der Waals surface area contributed by atoms with E-state index in [0.29, 0.717) is 19.4 Å². The third kappa shape index (κ3) is 18.2. The van der Waals surface area contributed by atoms with Crippen LogP contribution in [-0.2, 0) is 9.59 Å². The lowest BCUT2D eigenvalue weighted by Crippen LogP contribution is -2.39. The predicted octanol–water partition coefficient (Wildman–Crippen LogP) is 5.84. The number of carbonyl (C=O) groups excluding carboxylic acids is 2. The summed E-state index contributed by atoms with van der Waals surface area (Å²) in [4.78, 5) is 23.5. The van der Waals surface area contributed by atoms with Gasteiger partial charge in [0.05, 0.1) is 6.04 Å². The average Bonchev–Trinajstić information content (AvgIpc) is 2.67. The van der Waals surface area contributed by atoms with E-state index in [0.717, 1.165) is 19.3 Å². The Labute approximate surface area is 174 Å². The van der Waals surface area contributed by atoms with Gasteiger partial charge in [-0.15, -0.1) is 0 Å². The molecule has 0 unspecified atom stereocenters. The topological polar surface area (TPSA) is 72.2 Å². The average molecular weight is 395 g/mol. The zero-order chi connectivity index (χ0) is 20.9. The molecule has 0 aliphatic carbocycles. The lowest BCUT2D eigenvalue weighted by atomic mass is 10.1. The Balaban J connectivity index is 3.47. The molecule has 0 saturated heterocycles. The molecule has 0 rings (SSSR count). The van der Waals surface area contributed by atoms with E-state index in [2.05, 4.69) is 24.4 Å². The van der Waals surface area contributed by atoms with Crippen molar-refractivity contribution in [3.63, 3.8) is 0 Å². The van der Waals surface area contributed by atoms with Crippen molar-refractivity contribution in [3.05, 3.63) is 12.2 Å². The van der Waals surface area contributed by atoms with Crippen molar-refractivity contribution >= 4 is 11.7 Å².